The van der Waals surface area contributed by atoms with Crippen molar-refractivity contribution >= 4 is 11.6 Å². The van der Waals surface area contributed by atoms with Gasteiger partial charge in [0.1, 0.15) is 0 Å². The lowest BCUT2D eigenvalue weighted by molar-refractivity contribution is 0.705. The van der Waals surface area contributed by atoms with Crippen molar-refractivity contribution in [2.75, 3.05) is 5.88 Å². The van der Waals surface area contributed by atoms with E-state index >= 15 is 0 Å². The molecule has 1 heteroatoms. The number of hydrogen-bond acceptors (Lipinski definition) is 0. The Bertz CT molecular complexity index is 224. The molecule has 0 atom stereocenters. The lowest BCUT2D eigenvalue weighted by atomic mass is 10.1. The zero-order valence-corrected chi connectivity index (χ0v) is 11.9. The molecule has 1 aromatic carbocycles. The highest BCUT2D eigenvalue weighted by Gasteiger charge is 1.87. The van der Waals surface area contributed by atoms with Gasteiger partial charge in [-0.2, -0.15) is 0 Å². The van der Waals surface area contributed by atoms with E-state index in [1.807, 2.05) is 0 Å². The maximum absolute atomic E-state index is 5.44. The number of hydrogen-bond donors (Lipinski definition) is 0. The smallest absolute Gasteiger partial charge is 0.0223 e. The molecular weight excluding hydrogens is 216 g/mol. The third kappa shape index (κ3) is 8.79. The van der Waals surface area contributed by atoms with Crippen LogP contribution in [-0.2, 0) is 0 Å². The maximum Gasteiger partial charge on any atom is 0.0223 e. The van der Waals surface area contributed by atoms with Gasteiger partial charge in [-0.15, -0.1) is 11.6 Å². The number of benzene rings is 1. The summed E-state index contributed by atoms with van der Waals surface area (Å²) in [6, 6.07) is 6.56. The van der Waals surface area contributed by atoms with Gasteiger partial charge in [-0.1, -0.05) is 61.1 Å². The predicted octanol–water partition coefficient (Wildman–Crippen LogP) is 5.42. The highest BCUT2D eigenvalue weighted by atomic mass is 35.5. The van der Waals surface area contributed by atoms with Gasteiger partial charge >= 0.3 is 0 Å². The topological polar surface area (TPSA) is 0 Å². The summed E-state index contributed by atoms with van der Waals surface area (Å²) in [5, 5.41) is 0. The van der Waals surface area contributed by atoms with Crippen molar-refractivity contribution in [3.05, 3.63) is 34.9 Å². The van der Waals surface area contributed by atoms with Gasteiger partial charge < -0.3 is 0 Å². The first-order valence-electron chi connectivity index (χ1n) is 6.21. The fraction of sp³-hybridized carbons (Fsp3) is 0.600. The van der Waals surface area contributed by atoms with Gasteiger partial charge in [-0.3, -0.25) is 0 Å². The summed E-state index contributed by atoms with van der Waals surface area (Å²) in [6.45, 7) is 8.58. The van der Waals surface area contributed by atoms with Crippen LogP contribution in [0, 0.1) is 20.8 Å². The van der Waals surface area contributed by atoms with Gasteiger partial charge in [-0.25, -0.2) is 0 Å². The van der Waals surface area contributed by atoms with E-state index in [0.717, 1.165) is 5.88 Å². The lowest BCUT2D eigenvalue weighted by Crippen LogP contribution is -1.78. The second kappa shape index (κ2) is 9.72. The van der Waals surface area contributed by atoms with Crippen molar-refractivity contribution in [2.45, 2.75) is 53.4 Å². The molecule has 0 saturated carbocycles. The molecule has 0 unspecified atom stereocenters. The van der Waals surface area contributed by atoms with E-state index in [4.69, 9.17) is 11.6 Å². The highest BCUT2D eigenvalue weighted by molar-refractivity contribution is 6.17. The molecular formula is C15H25Cl. The lowest BCUT2D eigenvalue weighted by Gasteiger charge is -1.96. The molecule has 0 aliphatic carbocycles. The molecule has 0 spiro atoms. The molecule has 0 aliphatic rings. The summed E-state index contributed by atoms with van der Waals surface area (Å²) < 4.78 is 0. The van der Waals surface area contributed by atoms with Crippen LogP contribution in [0.1, 0.15) is 49.3 Å². The Morgan fingerprint density at radius 3 is 1.56 bits per heavy atom. The van der Waals surface area contributed by atoms with E-state index in [1.54, 1.807) is 0 Å². The predicted molar refractivity (Wildman–Crippen MR) is 75.5 cm³/mol. The van der Waals surface area contributed by atoms with Crippen LogP contribution in [0.15, 0.2) is 18.2 Å². The second-order valence-electron chi connectivity index (χ2n) is 4.41. The van der Waals surface area contributed by atoms with Gasteiger partial charge in [0.25, 0.3) is 0 Å². The SMILES string of the molecule is CCCCCCCl.Cc1cc(C)cc(C)c1. The Balaban J connectivity index is 0.000000293. The third-order valence-electron chi connectivity index (χ3n) is 2.35. The van der Waals surface area contributed by atoms with Crippen LogP contribution in [0.25, 0.3) is 0 Å². The maximum atomic E-state index is 5.44. The monoisotopic (exact) mass is 240 g/mol. The van der Waals surface area contributed by atoms with Gasteiger partial charge in [0.05, 0.1) is 0 Å². The minimum atomic E-state index is 0.833. The minimum absolute atomic E-state index is 0.833. The Morgan fingerprint density at radius 1 is 0.812 bits per heavy atom. The van der Waals surface area contributed by atoms with E-state index in [9.17, 15) is 0 Å². The molecule has 0 nitrogen and oxygen atoms in total. The van der Waals surface area contributed by atoms with E-state index in [1.165, 1.54) is 42.4 Å². The fourth-order valence-corrected chi connectivity index (χ4v) is 1.91. The Morgan fingerprint density at radius 2 is 1.25 bits per heavy atom. The molecule has 92 valence electrons. The minimum Gasteiger partial charge on any atom is -0.127 e. The number of aryl methyl sites for hydroxylation is 3. The van der Waals surface area contributed by atoms with Crippen molar-refractivity contribution in [2.24, 2.45) is 0 Å². The highest BCUT2D eigenvalue weighted by Crippen LogP contribution is 2.06. The zero-order chi connectivity index (χ0) is 12.4. The first-order valence-corrected chi connectivity index (χ1v) is 6.74. The summed E-state index contributed by atoms with van der Waals surface area (Å²) in [7, 11) is 0. The zero-order valence-electron chi connectivity index (χ0n) is 11.1. The van der Waals surface area contributed by atoms with E-state index in [-0.39, 0.29) is 0 Å². The average molecular weight is 241 g/mol. The molecule has 0 heterocycles. The molecule has 16 heavy (non-hydrogen) atoms. The molecule has 0 N–H and O–H groups in total. The normalized spacial score (nSPS) is 9.56. The summed E-state index contributed by atoms with van der Waals surface area (Å²) in [4.78, 5) is 0. The first-order chi connectivity index (χ1) is 7.60. The van der Waals surface area contributed by atoms with Gasteiger partial charge in [0.15, 0.2) is 0 Å². The average Bonchev–Trinajstić information content (AvgIpc) is 2.17. The van der Waals surface area contributed by atoms with Crippen LogP contribution in [0.4, 0.5) is 0 Å². The van der Waals surface area contributed by atoms with Crippen LogP contribution in [-0.4, -0.2) is 5.88 Å². The first kappa shape index (κ1) is 15.5. The Kier molecular flexibility index (Phi) is 9.42. The molecule has 0 saturated heterocycles. The van der Waals surface area contributed by atoms with E-state index in [0.29, 0.717) is 0 Å². The van der Waals surface area contributed by atoms with Gasteiger partial charge in [0.2, 0.25) is 0 Å². The van der Waals surface area contributed by atoms with Crippen molar-refractivity contribution in [3.63, 3.8) is 0 Å². The Hall–Kier alpha value is -0.490. The van der Waals surface area contributed by atoms with Crippen molar-refractivity contribution < 1.29 is 0 Å². The summed E-state index contributed by atoms with van der Waals surface area (Å²) in [5.74, 6) is 0.833. The van der Waals surface area contributed by atoms with E-state index < -0.39 is 0 Å². The quantitative estimate of drug-likeness (QED) is 0.487. The second-order valence-corrected chi connectivity index (χ2v) is 4.79. The van der Waals surface area contributed by atoms with Gasteiger partial charge in [0, 0.05) is 5.88 Å². The summed E-state index contributed by atoms with van der Waals surface area (Å²) in [6.07, 6.45) is 5.14. The van der Waals surface area contributed by atoms with Crippen LogP contribution < -0.4 is 0 Å². The molecule has 0 bridgehead atoms. The van der Waals surface area contributed by atoms with Crippen LogP contribution >= 0.6 is 11.6 Å². The number of alkyl halides is 1. The summed E-state index contributed by atoms with van der Waals surface area (Å²) >= 11 is 5.44. The fourth-order valence-electron chi connectivity index (χ4n) is 1.72. The third-order valence-corrected chi connectivity index (χ3v) is 2.62. The molecule has 0 fully saturated rings. The van der Waals surface area contributed by atoms with Crippen LogP contribution in [0.3, 0.4) is 0 Å². The van der Waals surface area contributed by atoms with Gasteiger partial charge in [-0.05, 0) is 27.2 Å². The number of rotatable bonds is 4. The number of halogens is 1. The summed E-state index contributed by atoms with van der Waals surface area (Å²) in [5.41, 5.74) is 4.06. The van der Waals surface area contributed by atoms with Crippen molar-refractivity contribution in [1.29, 1.82) is 0 Å². The van der Waals surface area contributed by atoms with Crippen LogP contribution in [0.5, 0.6) is 0 Å². The standard InChI is InChI=1S/C9H12.C6H13Cl/c1-7-4-8(2)6-9(3)5-7;1-2-3-4-5-6-7/h4-6H,1-3H3;2-6H2,1H3. The molecule has 0 radical (unpaired) electrons. The molecule has 1 aromatic rings. The van der Waals surface area contributed by atoms with Crippen molar-refractivity contribution in [3.8, 4) is 0 Å². The molecule has 0 aromatic heterocycles. The van der Waals surface area contributed by atoms with Crippen LogP contribution in [0.2, 0.25) is 0 Å². The molecule has 0 aliphatic heterocycles. The molecule has 0 amide bonds. The van der Waals surface area contributed by atoms with Crippen molar-refractivity contribution in [1.82, 2.24) is 0 Å². The molecule has 1 rings (SSSR count). The van der Waals surface area contributed by atoms with E-state index in [2.05, 4.69) is 45.9 Å². The number of unbranched alkanes of at least 4 members (excludes halogenated alkanes) is 3. The Labute approximate surface area is 106 Å². The largest absolute Gasteiger partial charge is 0.127 e.